The lowest BCUT2D eigenvalue weighted by atomic mass is 10.3. The van der Waals surface area contributed by atoms with Crippen molar-refractivity contribution in [1.29, 1.82) is 0 Å². The number of carbonyl (C=O) groups excluding carboxylic acids is 1. The Kier molecular flexibility index (Phi) is 4.59. The Balaban J connectivity index is 3.26. The molecule has 1 heterocycles. The van der Waals surface area contributed by atoms with Crippen molar-refractivity contribution in [2.45, 2.75) is 6.36 Å². The van der Waals surface area contributed by atoms with Crippen LogP contribution in [0.3, 0.4) is 0 Å². The van der Waals surface area contributed by atoms with Crippen LogP contribution >= 0.6 is 22.6 Å². The van der Waals surface area contributed by atoms with E-state index >= 15 is 0 Å². The van der Waals surface area contributed by atoms with E-state index in [9.17, 15) is 18.0 Å². The fourth-order valence-electron chi connectivity index (χ4n) is 1.04. The van der Waals surface area contributed by atoms with Crippen LogP contribution in [0, 0.1) is 3.57 Å². The average Bonchev–Trinajstić information content (AvgIpc) is 2.28. The van der Waals surface area contributed by atoms with Gasteiger partial charge in [-0.2, -0.15) is 0 Å². The summed E-state index contributed by atoms with van der Waals surface area (Å²) in [4.78, 5) is 14.8. The molecule has 0 saturated carbocycles. The number of hydrogen-bond donors (Lipinski definition) is 0. The minimum absolute atomic E-state index is 0.0326. The molecule has 0 spiro atoms. The van der Waals surface area contributed by atoms with Gasteiger partial charge in [0, 0.05) is 6.07 Å². The number of rotatable bonds is 3. The molecule has 1 aromatic rings. The van der Waals surface area contributed by atoms with E-state index < -0.39 is 18.2 Å². The lowest BCUT2D eigenvalue weighted by Crippen LogP contribution is -2.19. The number of nitrogens with zero attached hydrogens (tertiary/aromatic N) is 1. The zero-order valence-corrected chi connectivity index (χ0v) is 11.3. The molecule has 0 aliphatic carbocycles. The fraction of sp³-hybridized carbons (Fsp3) is 0.333. The van der Waals surface area contributed by atoms with Gasteiger partial charge in [0.05, 0.1) is 17.8 Å². The van der Waals surface area contributed by atoms with E-state index in [-0.39, 0.29) is 15.0 Å². The maximum absolute atomic E-state index is 12.1. The van der Waals surface area contributed by atoms with Crippen LogP contribution < -0.4 is 9.47 Å². The van der Waals surface area contributed by atoms with Gasteiger partial charge in [-0.3, -0.25) is 0 Å². The van der Waals surface area contributed by atoms with Crippen molar-refractivity contribution >= 4 is 28.6 Å². The second kappa shape index (κ2) is 5.59. The monoisotopic (exact) mass is 377 g/mol. The molecule has 0 aliphatic heterocycles. The summed E-state index contributed by atoms with van der Waals surface area (Å²) < 4.78 is 49.3. The molecule has 0 atom stereocenters. The molecule has 9 heteroatoms. The molecule has 0 aliphatic rings. The lowest BCUT2D eigenvalue weighted by molar-refractivity contribution is -0.276. The van der Waals surface area contributed by atoms with Gasteiger partial charge in [-0.1, -0.05) is 0 Å². The molecule has 0 radical (unpaired) electrons. The van der Waals surface area contributed by atoms with Crippen LogP contribution in [0.5, 0.6) is 11.6 Å². The second-order valence-electron chi connectivity index (χ2n) is 2.86. The molecule has 0 amide bonds. The summed E-state index contributed by atoms with van der Waals surface area (Å²) in [7, 11) is 2.33. The van der Waals surface area contributed by atoms with Crippen LogP contribution in [-0.2, 0) is 4.74 Å². The van der Waals surface area contributed by atoms with Gasteiger partial charge in [0.25, 0.3) is 0 Å². The van der Waals surface area contributed by atoms with E-state index in [4.69, 9.17) is 4.74 Å². The third-order valence-corrected chi connectivity index (χ3v) is 2.76. The lowest BCUT2D eigenvalue weighted by Gasteiger charge is -2.12. The average molecular weight is 377 g/mol. The molecular formula is C9H7F3INO4. The van der Waals surface area contributed by atoms with Gasteiger partial charge in [0.1, 0.15) is 5.75 Å². The molecule has 0 saturated heterocycles. The molecule has 0 bridgehead atoms. The molecule has 0 N–H and O–H groups in total. The number of alkyl halides is 3. The van der Waals surface area contributed by atoms with E-state index in [1.54, 1.807) is 22.6 Å². The molecule has 1 aromatic heterocycles. The highest BCUT2D eigenvalue weighted by Gasteiger charge is 2.33. The first-order valence-electron chi connectivity index (χ1n) is 4.37. The van der Waals surface area contributed by atoms with Crippen molar-refractivity contribution in [3.8, 4) is 11.6 Å². The first-order valence-corrected chi connectivity index (χ1v) is 5.45. The maximum atomic E-state index is 12.1. The molecule has 100 valence electrons. The van der Waals surface area contributed by atoms with Crippen molar-refractivity contribution in [3.05, 3.63) is 15.3 Å². The Morgan fingerprint density at radius 2 is 2.00 bits per heavy atom. The van der Waals surface area contributed by atoms with Gasteiger partial charge in [-0.15, -0.1) is 13.2 Å². The van der Waals surface area contributed by atoms with Crippen LogP contribution in [0.25, 0.3) is 0 Å². The topological polar surface area (TPSA) is 57.7 Å². The van der Waals surface area contributed by atoms with Crippen LogP contribution in [0.15, 0.2) is 6.07 Å². The first-order chi connectivity index (χ1) is 8.28. The Morgan fingerprint density at radius 3 is 2.44 bits per heavy atom. The van der Waals surface area contributed by atoms with Crippen LogP contribution in [0.4, 0.5) is 13.2 Å². The molecule has 5 nitrogen and oxygen atoms in total. The third-order valence-electron chi connectivity index (χ3n) is 1.72. The maximum Gasteiger partial charge on any atom is 0.574 e. The number of esters is 1. The SMILES string of the molecule is COC(=O)c1nc(OC(F)(F)F)cc(OC)c1I. The summed E-state index contributed by atoms with van der Waals surface area (Å²) in [5.74, 6) is -1.64. The number of carbonyl (C=O) groups is 1. The smallest absolute Gasteiger partial charge is 0.495 e. The Labute approximate surface area is 113 Å². The van der Waals surface area contributed by atoms with Crippen LogP contribution in [0.2, 0.25) is 0 Å². The van der Waals surface area contributed by atoms with Crippen LogP contribution in [-0.4, -0.2) is 31.5 Å². The van der Waals surface area contributed by atoms with Crippen molar-refractivity contribution < 1.29 is 32.2 Å². The van der Waals surface area contributed by atoms with E-state index in [2.05, 4.69) is 14.5 Å². The van der Waals surface area contributed by atoms with Crippen molar-refractivity contribution in [3.63, 3.8) is 0 Å². The number of aromatic nitrogens is 1. The van der Waals surface area contributed by atoms with E-state index in [0.29, 0.717) is 0 Å². The van der Waals surface area contributed by atoms with Gasteiger partial charge in [0.2, 0.25) is 5.88 Å². The zero-order chi connectivity index (χ0) is 13.9. The van der Waals surface area contributed by atoms with Crippen molar-refractivity contribution in [2.24, 2.45) is 0 Å². The molecular weight excluding hydrogens is 370 g/mol. The molecule has 0 unspecified atom stereocenters. The van der Waals surface area contributed by atoms with E-state index in [1.165, 1.54) is 7.11 Å². The Hall–Kier alpha value is -1.26. The summed E-state index contributed by atoms with van der Waals surface area (Å²) in [5.41, 5.74) is -0.309. The predicted octanol–water partition coefficient (Wildman–Crippen LogP) is 2.38. The van der Waals surface area contributed by atoms with Crippen molar-refractivity contribution in [1.82, 2.24) is 4.98 Å². The van der Waals surface area contributed by atoms with Gasteiger partial charge in [-0.25, -0.2) is 9.78 Å². The minimum Gasteiger partial charge on any atom is -0.495 e. The quantitative estimate of drug-likeness (QED) is 0.598. The second-order valence-corrected chi connectivity index (χ2v) is 3.94. The van der Waals surface area contributed by atoms with Crippen LogP contribution in [0.1, 0.15) is 10.5 Å². The molecule has 0 fully saturated rings. The normalized spacial score (nSPS) is 11.0. The first kappa shape index (κ1) is 14.8. The number of hydrogen-bond acceptors (Lipinski definition) is 5. The largest absolute Gasteiger partial charge is 0.574 e. The summed E-state index contributed by atoms with van der Waals surface area (Å²) in [5, 5.41) is 0. The summed E-state index contributed by atoms with van der Waals surface area (Å²) >= 11 is 1.71. The predicted molar refractivity (Wildman–Crippen MR) is 61.5 cm³/mol. The highest BCUT2D eigenvalue weighted by molar-refractivity contribution is 14.1. The summed E-state index contributed by atoms with van der Waals surface area (Å²) in [6.07, 6.45) is -4.90. The molecule has 0 aromatic carbocycles. The van der Waals surface area contributed by atoms with Gasteiger partial charge in [0.15, 0.2) is 5.69 Å². The minimum atomic E-state index is -4.90. The standard InChI is InChI=1S/C9H7F3INO4/c1-16-4-3-5(18-9(10,11)12)14-7(6(4)13)8(15)17-2/h3H,1-2H3. The Morgan fingerprint density at radius 1 is 1.39 bits per heavy atom. The van der Waals surface area contributed by atoms with E-state index in [0.717, 1.165) is 13.2 Å². The third kappa shape index (κ3) is 3.62. The highest BCUT2D eigenvalue weighted by atomic mass is 127. The van der Waals surface area contributed by atoms with E-state index in [1.807, 2.05) is 0 Å². The highest BCUT2D eigenvalue weighted by Crippen LogP contribution is 2.30. The molecule has 1 rings (SSSR count). The number of methoxy groups -OCH3 is 2. The van der Waals surface area contributed by atoms with Gasteiger partial charge in [-0.05, 0) is 22.6 Å². The zero-order valence-electron chi connectivity index (χ0n) is 9.17. The Bertz CT molecular complexity index is 464. The summed E-state index contributed by atoms with van der Waals surface area (Å²) in [6, 6.07) is 0.932. The number of pyridine rings is 1. The van der Waals surface area contributed by atoms with Crippen molar-refractivity contribution in [2.75, 3.05) is 14.2 Å². The summed E-state index contributed by atoms with van der Waals surface area (Å²) in [6.45, 7) is 0. The van der Waals surface area contributed by atoms with Gasteiger partial charge >= 0.3 is 12.3 Å². The number of ether oxygens (including phenoxy) is 3. The fourth-order valence-corrected chi connectivity index (χ4v) is 1.75. The van der Waals surface area contributed by atoms with Gasteiger partial charge < -0.3 is 14.2 Å². The molecule has 18 heavy (non-hydrogen) atoms. The number of halogens is 4.